The molecule has 0 heterocycles. The molecule has 1 atom stereocenters. The third-order valence-corrected chi connectivity index (χ3v) is 4.02. The van der Waals surface area contributed by atoms with Crippen LogP contribution in [0.4, 0.5) is 0 Å². The maximum absolute atomic E-state index is 6.06. The van der Waals surface area contributed by atoms with Crippen molar-refractivity contribution in [2.45, 2.75) is 45.4 Å². The summed E-state index contributed by atoms with van der Waals surface area (Å²) in [4.78, 5) is 0. The lowest BCUT2D eigenvalue weighted by Crippen LogP contribution is -2.35. The molecular weight excluding hydrogens is 234 g/mol. The number of nitrogens with two attached hydrogens (primary N) is 1. The lowest BCUT2D eigenvalue weighted by Gasteiger charge is -2.32. The van der Waals surface area contributed by atoms with Gasteiger partial charge in [0.25, 0.3) is 0 Å². The number of hydrogen-bond donors (Lipinski definition) is 1. The van der Waals surface area contributed by atoms with Crippen LogP contribution >= 0.6 is 0 Å². The van der Waals surface area contributed by atoms with Crippen LogP contribution in [0.1, 0.15) is 45.6 Å². The van der Waals surface area contributed by atoms with Crippen LogP contribution in [0.25, 0.3) is 0 Å². The molecule has 0 fully saturated rings. The molecule has 0 aromatic heterocycles. The number of benzene rings is 1. The first kappa shape index (κ1) is 16.2. The summed E-state index contributed by atoms with van der Waals surface area (Å²) in [5.41, 5.74) is 7.47. The third-order valence-electron chi connectivity index (χ3n) is 4.02. The van der Waals surface area contributed by atoms with Crippen molar-refractivity contribution in [2.75, 3.05) is 19.8 Å². The van der Waals surface area contributed by atoms with Crippen LogP contribution in [0, 0.1) is 5.92 Å². The Bertz CT molecular complexity index is 330. The molecule has 108 valence electrons. The highest BCUT2D eigenvalue weighted by molar-refractivity contribution is 5.25. The number of rotatable bonds is 9. The SMILES string of the molecule is CCC(CN)(CCOCCC(C)C)c1ccccc1. The molecular formula is C17H29NO. The minimum absolute atomic E-state index is 0.0685. The zero-order valence-corrected chi connectivity index (χ0v) is 12.7. The third kappa shape index (κ3) is 4.96. The van der Waals surface area contributed by atoms with Crippen LogP contribution in [0.5, 0.6) is 0 Å². The summed E-state index contributed by atoms with van der Waals surface area (Å²) in [6, 6.07) is 10.6. The number of hydrogen-bond acceptors (Lipinski definition) is 2. The van der Waals surface area contributed by atoms with Crippen molar-refractivity contribution in [2.24, 2.45) is 11.7 Å². The fourth-order valence-electron chi connectivity index (χ4n) is 2.37. The Balaban J connectivity index is 2.53. The summed E-state index contributed by atoms with van der Waals surface area (Å²) in [6.07, 6.45) is 3.19. The molecule has 0 aliphatic carbocycles. The van der Waals surface area contributed by atoms with Crippen molar-refractivity contribution in [3.05, 3.63) is 35.9 Å². The lowest BCUT2D eigenvalue weighted by atomic mass is 9.75. The van der Waals surface area contributed by atoms with Gasteiger partial charge in [-0.3, -0.25) is 0 Å². The van der Waals surface area contributed by atoms with E-state index in [2.05, 4.69) is 51.1 Å². The molecule has 2 heteroatoms. The van der Waals surface area contributed by atoms with Crippen molar-refractivity contribution in [3.63, 3.8) is 0 Å². The molecule has 1 aromatic rings. The molecule has 0 saturated heterocycles. The van der Waals surface area contributed by atoms with E-state index in [-0.39, 0.29) is 5.41 Å². The summed E-state index contributed by atoms with van der Waals surface area (Å²) in [7, 11) is 0. The van der Waals surface area contributed by atoms with Crippen LogP contribution in [-0.2, 0) is 10.2 Å². The average Bonchev–Trinajstić information content (AvgIpc) is 2.44. The van der Waals surface area contributed by atoms with Crippen LogP contribution in [0.3, 0.4) is 0 Å². The van der Waals surface area contributed by atoms with Gasteiger partial charge in [0.1, 0.15) is 0 Å². The van der Waals surface area contributed by atoms with E-state index >= 15 is 0 Å². The smallest absolute Gasteiger partial charge is 0.0475 e. The van der Waals surface area contributed by atoms with Gasteiger partial charge in [0.15, 0.2) is 0 Å². The quantitative estimate of drug-likeness (QED) is 0.689. The Morgan fingerprint density at radius 1 is 1.16 bits per heavy atom. The summed E-state index contributed by atoms with van der Waals surface area (Å²) in [5, 5.41) is 0. The molecule has 1 rings (SSSR count). The van der Waals surface area contributed by atoms with Crippen molar-refractivity contribution in [3.8, 4) is 0 Å². The van der Waals surface area contributed by atoms with Gasteiger partial charge in [-0.1, -0.05) is 51.1 Å². The van der Waals surface area contributed by atoms with E-state index in [1.165, 1.54) is 5.56 Å². The first-order valence-electron chi connectivity index (χ1n) is 7.48. The topological polar surface area (TPSA) is 35.2 Å². The van der Waals surface area contributed by atoms with Gasteiger partial charge in [0.2, 0.25) is 0 Å². The van der Waals surface area contributed by atoms with E-state index in [1.807, 2.05) is 0 Å². The molecule has 2 nitrogen and oxygen atoms in total. The Morgan fingerprint density at radius 3 is 2.37 bits per heavy atom. The van der Waals surface area contributed by atoms with E-state index in [1.54, 1.807) is 0 Å². The molecule has 1 unspecified atom stereocenters. The van der Waals surface area contributed by atoms with Crippen molar-refractivity contribution in [1.82, 2.24) is 0 Å². The van der Waals surface area contributed by atoms with E-state index in [4.69, 9.17) is 10.5 Å². The molecule has 0 radical (unpaired) electrons. The summed E-state index contributed by atoms with van der Waals surface area (Å²) < 4.78 is 5.77. The molecule has 1 aromatic carbocycles. The minimum Gasteiger partial charge on any atom is -0.381 e. The Hall–Kier alpha value is -0.860. The van der Waals surface area contributed by atoms with E-state index < -0.39 is 0 Å². The largest absolute Gasteiger partial charge is 0.381 e. The molecule has 0 aliphatic heterocycles. The molecule has 0 bridgehead atoms. The highest BCUT2D eigenvalue weighted by Crippen LogP contribution is 2.30. The standard InChI is InChI=1S/C17H29NO/c1-4-17(14-18,16-8-6-5-7-9-16)11-13-19-12-10-15(2)3/h5-9,15H,4,10-14,18H2,1-3H3. The maximum atomic E-state index is 6.06. The Labute approximate surface area is 118 Å². The van der Waals surface area contributed by atoms with Gasteiger partial charge >= 0.3 is 0 Å². The van der Waals surface area contributed by atoms with E-state index in [0.717, 1.165) is 32.5 Å². The van der Waals surface area contributed by atoms with E-state index in [9.17, 15) is 0 Å². The molecule has 0 amide bonds. The van der Waals surface area contributed by atoms with Crippen LogP contribution in [0.2, 0.25) is 0 Å². The summed E-state index contributed by atoms with van der Waals surface area (Å²) >= 11 is 0. The molecule has 0 saturated carbocycles. The van der Waals surface area contributed by atoms with Crippen LogP contribution in [0.15, 0.2) is 30.3 Å². The molecule has 0 spiro atoms. The fourth-order valence-corrected chi connectivity index (χ4v) is 2.37. The molecule has 0 aliphatic rings. The maximum Gasteiger partial charge on any atom is 0.0475 e. The van der Waals surface area contributed by atoms with Crippen LogP contribution < -0.4 is 5.73 Å². The van der Waals surface area contributed by atoms with Crippen molar-refractivity contribution >= 4 is 0 Å². The first-order chi connectivity index (χ1) is 9.14. The van der Waals surface area contributed by atoms with Gasteiger partial charge in [0, 0.05) is 25.2 Å². The van der Waals surface area contributed by atoms with Gasteiger partial charge < -0.3 is 10.5 Å². The van der Waals surface area contributed by atoms with Crippen molar-refractivity contribution < 1.29 is 4.74 Å². The summed E-state index contributed by atoms with van der Waals surface area (Å²) in [6.45, 7) is 9.01. The van der Waals surface area contributed by atoms with Gasteiger partial charge in [0.05, 0.1) is 0 Å². The summed E-state index contributed by atoms with van der Waals surface area (Å²) in [5.74, 6) is 0.708. The van der Waals surface area contributed by atoms with Gasteiger partial charge in [-0.05, 0) is 30.7 Å². The predicted octanol–water partition coefficient (Wildman–Crippen LogP) is 3.75. The monoisotopic (exact) mass is 263 g/mol. The van der Waals surface area contributed by atoms with Crippen molar-refractivity contribution in [1.29, 1.82) is 0 Å². The van der Waals surface area contributed by atoms with E-state index in [0.29, 0.717) is 12.5 Å². The zero-order valence-electron chi connectivity index (χ0n) is 12.7. The lowest BCUT2D eigenvalue weighted by molar-refractivity contribution is 0.104. The van der Waals surface area contributed by atoms with Gasteiger partial charge in [-0.2, -0.15) is 0 Å². The van der Waals surface area contributed by atoms with Crippen LogP contribution in [-0.4, -0.2) is 19.8 Å². The normalized spacial score (nSPS) is 14.6. The second-order valence-electron chi connectivity index (χ2n) is 5.75. The highest BCUT2D eigenvalue weighted by Gasteiger charge is 2.28. The van der Waals surface area contributed by atoms with Gasteiger partial charge in [-0.25, -0.2) is 0 Å². The minimum atomic E-state index is 0.0685. The first-order valence-corrected chi connectivity index (χ1v) is 7.48. The second kappa shape index (κ2) is 8.34. The Morgan fingerprint density at radius 2 is 1.84 bits per heavy atom. The Kier molecular flexibility index (Phi) is 7.11. The predicted molar refractivity (Wildman–Crippen MR) is 82.4 cm³/mol. The second-order valence-corrected chi connectivity index (χ2v) is 5.75. The number of ether oxygens (including phenoxy) is 1. The van der Waals surface area contributed by atoms with Gasteiger partial charge in [-0.15, -0.1) is 0 Å². The fraction of sp³-hybridized carbons (Fsp3) is 0.647. The molecule has 2 N–H and O–H groups in total. The zero-order chi connectivity index (χ0) is 14.1. The molecule has 19 heavy (non-hydrogen) atoms. The average molecular weight is 263 g/mol. The highest BCUT2D eigenvalue weighted by atomic mass is 16.5.